The van der Waals surface area contributed by atoms with Crippen LogP contribution in [0.5, 0.6) is 0 Å². The van der Waals surface area contributed by atoms with Crippen LogP contribution in [0.1, 0.15) is 6.92 Å². The highest BCUT2D eigenvalue weighted by atomic mass is 32.1. The van der Waals surface area contributed by atoms with E-state index in [0.717, 1.165) is 17.6 Å². The van der Waals surface area contributed by atoms with E-state index in [4.69, 9.17) is 18.0 Å². The Bertz CT molecular complexity index is 497. The summed E-state index contributed by atoms with van der Waals surface area (Å²) in [4.78, 5) is 7.99. The number of fused-ring (bicyclic) bond motifs is 1. The summed E-state index contributed by atoms with van der Waals surface area (Å²) in [6.07, 6.45) is 1.44. The maximum atomic E-state index is 5.67. The number of aromatic amines is 1. The van der Waals surface area contributed by atoms with Crippen molar-refractivity contribution in [3.05, 3.63) is 11.0 Å². The lowest BCUT2D eigenvalue weighted by molar-refractivity contribution is 0.673. The topological polar surface area (TPSA) is 72.5 Å². The number of nitrogens with one attached hydrogen (secondary N) is 1. The lowest BCUT2D eigenvalue weighted by atomic mass is 10.4. The third-order valence-corrected chi connectivity index (χ3v) is 2.19. The molecule has 0 aliphatic rings. The van der Waals surface area contributed by atoms with Gasteiger partial charge in [-0.05, 0) is 6.92 Å². The molecule has 0 saturated heterocycles. The second-order valence-corrected chi connectivity index (χ2v) is 3.05. The molecule has 0 amide bonds. The average Bonchev–Trinajstić information content (AvgIpc) is 2.44. The highest BCUT2D eigenvalue weighted by Gasteiger charge is 2.07. The standard InChI is InChI=1S/C7H9N5S/c1-2-12-6-4(7(13)11-12)5(8)9-3-10-6/h3H,2H2,1H3,(H,11,13)(H2,8,9,10). The highest BCUT2D eigenvalue weighted by molar-refractivity contribution is 7.71. The van der Waals surface area contributed by atoms with Crippen molar-refractivity contribution in [2.45, 2.75) is 13.5 Å². The van der Waals surface area contributed by atoms with Gasteiger partial charge in [0.2, 0.25) is 0 Å². The highest BCUT2D eigenvalue weighted by Crippen LogP contribution is 2.17. The lowest BCUT2D eigenvalue weighted by Gasteiger charge is -1.97. The van der Waals surface area contributed by atoms with E-state index in [1.165, 1.54) is 6.33 Å². The molecule has 2 aromatic heterocycles. The maximum absolute atomic E-state index is 5.67. The smallest absolute Gasteiger partial charge is 0.162 e. The number of nitrogen functional groups attached to an aromatic ring is 1. The molecular formula is C7H9N5S. The zero-order valence-corrected chi connectivity index (χ0v) is 7.93. The van der Waals surface area contributed by atoms with E-state index in [0.29, 0.717) is 10.5 Å². The number of rotatable bonds is 1. The predicted octanol–water partition coefficient (Wildman–Crippen LogP) is 1.09. The van der Waals surface area contributed by atoms with Crippen molar-refractivity contribution >= 4 is 29.1 Å². The molecule has 2 aromatic rings. The fraction of sp³-hybridized carbons (Fsp3) is 0.286. The quantitative estimate of drug-likeness (QED) is 0.668. The third kappa shape index (κ3) is 1.10. The molecule has 0 unspecified atom stereocenters. The number of hydrogen-bond donors (Lipinski definition) is 2. The second-order valence-electron chi connectivity index (χ2n) is 2.64. The Morgan fingerprint density at radius 1 is 1.62 bits per heavy atom. The number of anilines is 1. The van der Waals surface area contributed by atoms with Crippen molar-refractivity contribution in [1.82, 2.24) is 19.7 Å². The first-order valence-electron chi connectivity index (χ1n) is 3.93. The van der Waals surface area contributed by atoms with E-state index in [1.807, 2.05) is 11.6 Å². The van der Waals surface area contributed by atoms with Gasteiger partial charge in [0.1, 0.15) is 16.8 Å². The van der Waals surface area contributed by atoms with Crippen LogP contribution in [0.25, 0.3) is 11.0 Å². The number of nitrogens with zero attached hydrogens (tertiary/aromatic N) is 3. The van der Waals surface area contributed by atoms with E-state index in [1.54, 1.807) is 0 Å². The molecule has 5 nitrogen and oxygen atoms in total. The number of aromatic nitrogens is 4. The summed E-state index contributed by atoms with van der Waals surface area (Å²) in [7, 11) is 0. The molecule has 0 atom stereocenters. The fourth-order valence-electron chi connectivity index (χ4n) is 1.27. The van der Waals surface area contributed by atoms with Crippen LogP contribution in [-0.4, -0.2) is 19.7 Å². The zero-order valence-electron chi connectivity index (χ0n) is 7.11. The molecule has 13 heavy (non-hydrogen) atoms. The molecule has 2 rings (SSSR count). The van der Waals surface area contributed by atoms with Crippen molar-refractivity contribution in [2.24, 2.45) is 0 Å². The van der Waals surface area contributed by atoms with Gasteiger partial charge in [0.05, 0.1) is 5.39 Å². The van der Waals surface area contributed by atoms with Gasteiger partial charge in [-0.25, -0.2) is 9.97 Å². The predicted molar refractivity (Wildman–Crippen MR) is 52.8 cm³/mol. The normalized spacial score (nSPS) is 10.8. The SMILES string of the molecule is CCn1[nH]c(=S)c2c(N)ncnc21. The number of aryl methyl sites for hydroxylation is 1. The minimum atomic E-state index is 0.429. The Labute approximate surface area is 79.6 Å². The summed E-state index contributed by atoms with van der Waals surface area (Å²) >= 11 is 5.09. The van der Waals surface area contributed by atoms with Crippen LogP contribution in [-0.2, 0) is 6.54 Å². The second kappa shape index (κ2) is 2.81. The minimum Gasteiger partial charge on any atom is -0.383 e. The molecule has 0 aliphatic heterocycles. The molecule has 0 bridgehead atoms. The third-order valence-electron chi connectivity index (χ3n) is 1.89. The molecule has 0 aromatic carbocycles. The first-order chi connectivity index (χ1) is 6.24. The van der Waals surface area contributed by atoms with Crippen molar-refractivity contribution in [3.63, 3.8) is 0 Å². The van der Waals surface area contributed by atoms with E-state index in [-0.39, 0.29) is 0 Å². The summed E-state index contributed by atoms with van der Waals surface area (Å²) in [5.41, 5.74) is 6.44. The molecular weight excluding hydrogens is 186 g/mol. The van der Waals surface area contributed by atoms with Crippen LogP contribution >= 0.6 is 12.2 Å². The maximum Gasteiger partial charge on any atom is 0.162 e. The van der Waals surface area contributed by atoms with E-state index in [2.05, 4.69) is 15.1 Å². The molecule has 0 saturated carbocycles. The Morgan fingerprint density at radius 3 is 3.08 bits per heavy atom. The van der Waals surface area contributed by atoms with E-state index < -0.39 is 0 Å². The van der Waals surface area contributed by atoms with Crippen LogP contribution in [0, 0.1) is 4.64 Å². The van der Waals surface area contributed by atoms with Crippen LogP contribution in [0.2, 0.25) is 0 Å². The molecule has 0 spiro atoms. The molecule has 0 fully saturated rings. The molecule has 68 valence electrons. The Balaban J connectivity index is 2.96. The van der Waals surface area contributed by atoms with Crippen LogP contribution in [0.4, 0.5) is 5.82 Å². The Morgan fingerprint density at radius 2 is 2.38 bits per heavy atom. The average molecular weight is 195 g/mol. The van der Waals surface area contributed by atoms with Gasteiger partial charge in [0.25, 0.3) is 0 Å². The molecule has 2 heterocycles. The van der Waals surface area contributed by atoms with Gasteiger partial charge in [-0.15, -0.1) is 0 Å². The number of hydrogen-bond acceptors (Lipinski definition) is 4. The largest absolute Gasteiger partial charge is 0.383 e. The van der Waals surface area contributed by atoms with Crippen molar-refractivity contribution < 1.29 is 0 Å². The van der Waals surface area contributed by atoms with Crippen LogP contribution < -0.4 is 5.73 Å². The van der Waals surface area contributed by atoms with E-state index in [9.17, 15) is 0 Å². The van der Waals surface area contributed by atoms with Crippen LogP contribution in [0.3, 0.4) is 0 Å². The van der Waals surface area contributed by atoms with Gasteiger partial charge in [0.15, 0.2) is 5.65 Å². The zero-order chi connectivity index (χ0) is 9.42. The van der Waals surface area contributed by atoms with Gasteiger partial charge in [-0.1, -0.05) is 12.2 Å². The van der Waals surface area contributed by atoms with Crippen molar-refractivity contribution in [1.29, 1.82) is 0 Å². The first kappa shape index (κ1) is 8.18. The summed E-state index contributed by atoms with van der Waals surface area (Å²) < 4.78 is 2.44. The van der Waals surface area contributed by atoms with Gasteiger partial charge in [-0.3, -0.25) is 9.78 Å². The van der Waals surface area contributed by atoms with E-state index >= 15 is 0 Å². The Kier molecular flexibility index (Phi) is 1.77. The van der Waals surface area contributed by atoms with Crippen molar-refractivity contribution in [2.75, 3.05) is 5.73 Å². The minimum absolute atomic E-state index is 0.429. The number of H-pyrrole nitrogens is 1. The summed E-state index contributed by atoms with van der Waals surface area (Å²) in [6.45, 7) is 2.78. The van der Waals surface area contributed by atoms with Gasteiger partial charge >= 0.3 is 0 Å². The fourth-order valence-corrected chi connectivity index (χ4v) is 1.58. The molecule has 6 heteroatoms. The summed E-state index contributed by atoms with van der Waals surface area (Å²) in [5.74, 6) is 0.429. The molecule has 3 N–H and O–H groups in total. The summed E-state index contributed by atoms with van der Waals surface area (Å²) in [5, 5.41) is 3.73. The van der Waals surface area contributed by atoms with Crippen LogP contribution in [0.15, 0.2) is 6.33 Å². The first-order valence-corrected chi connectivity index (χ1v) is 4.34. The van der Waals surface area contributed by atoms with Gasteiger partial charge < -0.3 is 5.73 Å². The van der Waals surface area contributed by atoms with Gasteiger partial charge in [0, 0.05) is 6.54 Å². The summed E-state index contributed by atoms with van der Waals surface area (Å²) in [6, 6.07) is 0. The van der Waals surface area contributed by atoms with Gasteiger partial charge in [-0.2, -0.15) is 0 Å². The molecule has 0 radical (unpaired) electrons. The Hall–Kier alpha value is -1.43. The lowest BCUT2D eigenvalue weighted by Crippen LogP contribution is -1.98. The number of nitrogens with two attached hydrogens (primary N) is 1. The molecule has 0 aliphatic carbocycles. The van der Waals surface area contributed by atoms with Crippen molar-refractivity contribution in [3.8, 4) is 0 Å². The monoisotopic (exact) mass is 195 g/mol.